The van der Waals surface area contributed by atoms with Crippen LogP contribution in [0.4, 0.5) is 8.78 Å². The van der Waals surface area contributed by atoms with Crippen LogP contribution in [0.5, 0.6) is 5.75 Å². The predicted molar refractivity (Wildman–Crippen MR) is 63.8 cm³/mol. The van der Waals surface area contributed by atoms with Crippen LogP contribution in [0.3, 0.4) is 0 Å². The van der Waals surface area contributed by atoms with Crippen molar-refractivity contribution in [1.29, 1.82) is 0 Å². The summed E-state index contributed by atoms with van der Waals surface area (Å²) in [5, 5.41) is 9.11. The summed E-state index contributed by atoms with van der Waals surface area (Å²) in [5.41, 5.74) is 0.346. The average Bonchev–Trinajstić information content (AvgIpc) is 2.41. The zero-order valence-corrected chi connectivity index (χ0v) is 9.72. The van der Waals surface area contributed by atoms with Gasteiger partial charge < -0.3 is 9.84 Å². The topological polar surface area (TPSA) is 46.5 Å². The number of carboxylic acids is 1. The average molecular weight is 264 g/mol. The third-order valence-electron chi connectivity index (χ3n) is 2.49. The van der Waals surface area contributed by atoms with Crippen molar-refractivity contribution in [2.75, 3.05) is 0 Å². The highest BCUT2D eigenvalue weighted by Crippen LogP contribution is 2.26. The van der Waals surface area contributed by atoms with Gasteiger partial charge in [-0.3, -0.25) is 0 Å². The molecule has 1 atom stereocenters. The van der Waals surface area contributed by atoms with Gasteiger partial charge in [0, 0.05) is 5.56 Å². The quantitative estimate of drug-likeness (QED) is 0.922. The van der Waals surface area contributed by atoms with E-state index >= 15 is 0 Å². The molecule has 0 aliphatic rings. The van der Waals surface area contributed by atoms with E-state index in [0.29, 0.717) is 5.56 Å². The van der Waals surface area contributed by atoms with Crippen molar-refractivity contribution in [3.8, 4) is 5.75 Å². The molecule has 0 spiro atoms. The molecule has 19 heavy (non-hydrogen) atoms. The van der Waals surface area contributed by atoms with Crippen molar-refractivity contribution in [3.05, 3.63) is 65.7 Å². The summed E-state index contributed by atoms with van der Waals surface area (Å²) in [5.74, 6) is -4.01. The van der Waals surface area contributed by atoms with Crippen LogP contribution in [0.1, 0.15) is 11.7 Å². The largest absolute Gasteiger partial charge is 0.478 e. The Morgan fingerprint density at radius 3 is 2.37 bits per heavy atom. The molecule has 0 radical (unpaired) electrons. The minimum absolute atomic E-state index is 0.346. The van der Waals surface area contributed by atoms with E-state index in [1.54, 1.807) is 18.2 Å². The second-order valence-corrected chi connectivity index (χ2v) is 3.80. The number of hydrogen-bond acceptors (Lipinski definition) is 2. The Hall–Kier alpha value is -2.43. The standard InChI is InChI=1S/C14H10F2O3/c15-10-7-4-8-11(12(10)16)19-13(14(17)18)9-5-2-1-3-6-9/h1-8,13H,(H,17,18). The third kappa shape index (κ3) is 2.88. The fourth-order valence-electron chi connectivity index (χ4n) is 1.59. The van der Waals surface area contributed by atoms with Gasteiger partial charge in [-0.2, -0.15) is 4.39 Å². The number of carbonyl (C=O) groups is 1. The number of benzene rings is 2. The van der Waals surface area contributed by atoms with Crippen molar-refractivity contribution in [1.82, 2.24) is 0 Å². The minimum Gasteiger partial charge on any atom is -0.478 e. The van der Waals surface area contributed by atoms with Crippen LogP contribution in [-0.2, 0) is 4.79 Å². The zero-order valence-electron chi connectivity index (χ0n) is 9.72. The van der Waals surface area contributed by atoms with Gasteiger partial charge in [0.2, 0.25) is 11.9 Å². The summed E-state index contributed by atoms with van der Waals surface area (Å²) >= 11 is 0. The molecule has 5 heteroatoms. The predicted octanol–water partition coefficient (Wildman–Crippen LogP) is 3.17. The molecule has 0 saturated carbocycles. The molecule has 2 aromatic rings. The van der Waals surface area contributed by atoms with Crippen molar-refractivity contribution in [3.63, 3.8) is 0 Å². The molecule has 0 aliphatic heterocycles. The first-order valence-electron chi connectivity index (χ1n) is 5.48. The highest BCUT2D eigenvalue weighted by atomic mass is 19.2. The normalized spacial score (nSPS) is 11.9. The number of ether oxygens (including phenoxy) is 1. The molecule has 0 heterocycles. The van der Waals surface area contributed by atoms with Gasteiger partial charge in [-0.1, -0.05) is 36.4 Å². The molecule has 3 nitrogen and oxygen atoms in total. The van der Waals surface area contributed by atoms with Crippen LogP contribution in [0.15, 0.2) is 48.5 Å². The van der Waals surface area contributed by atoms with Gasteiger partial charge in [-0.25, -0.2) is 9.18 Å². The van der Waals surface area contributed by atoms with Crippen molar-refractivity contribution in [2.45, 2.75) is 6.10 Å². The zero-order chi connectivity index (χ0) is 13.8. The second kappa shape index (κ2) is 5.48. The van der Waals surface area contributed by atoms with Gasteiger partial charge in [-0.05, 0) is 12.1 Å². The molecule has 0 fully saturated rings. The molecule has 2 aromatic carbocycles. The van der Waals surface area contributed by atoms with Crippen molar-refractivity contribution >= 4 is 5.97 Å². The number of rotatable bonds is 4. The van der Waals surface area contributed by atoms with E-state index in [0.717, 1.165) is 6.07 Å². The van der Waals surface area contributed by atoms with Crippen LogP contribution >= 0.6 is 0 Å². The molecular weight excluding hydrogens is 254 g/mol. The summed E-state index contributed by atoms with van der Waals surface area (Å²) in [6, 6.07) is 11.4. The Balaban J connectivity index is 2.32. The van der Waals surface area contributed by atoms with E-state index in [-0.39, 0.29) is 0 Å². The SMILES string of the molecule is O=C(O)C(Oc1cccc(F)c1F)c1ccccc1. The fourth-order valence-corrected chi connectivity index (χ4v) is 1.59. The van der Waals surface area contributed by atoms with E-state index in [9.17, 15) is 13.6 Å². The lowest BCUT2D eigenvalue weighted by molar-refractivity contribution is -0.145. The molecule has 98 valence electrons. The van der Waals surface area contributed by atoms with Gasteiger partial charge in [0.1, 0.15) is 0 Å². The van der Waals surface area contributed by atoms with Crippen LogP contribution in [-0.4, -0.2) is 11.1 Å². The lowest BCUT2D eigenvalue weighted by atomic mass is 10.1. The van der Waals surface area contributed by atoms with Gasteiger partial charge in [0.15, 0.2) is 11.6 Å². The number of aliphatic carboxylic acids is 1. The Morgan fingerprint density at radius 1 is 1.05 bits per heavy atom. The third-order valence-corrected chi connectivity index (χ3v) is 2.49. The number of hydrogen-bond donors (Lipinski definition) is 1. The molecule has 0 bridgehead atoms. The molecular formula is C14H10F2O3. The minimum atomic E-state index is -1.39. The number of halogens is 2. The Morgan fingerprint density at radius 2 is 1.74 bits per heavy atom. The molecule has 0 saturated heterocycles. The maximum Gasteiger partial charge on any atom is 0.349 e. The Kier molecular flexibility index (Phi) is 3.75. The lowest BCUT2D eigenvalue weighted by Crippen LogP contribution is -2.18. The van der Waals surface area contributed by atoms with Crippen molar-refractivity contribution in [2.24, 2.45) is 0 Å². The molecule has 2 rings (SSSR count). The van der Waals surface area contributed by atoms with E-state index < -0.39 is 29.5 Å². The van der Waals surface area contributed by atoms with Crippen LogP contribution in [0, 0.1) is 11.6 Å². The van der Waals surface area contributed by atoms with E-state index in [2.05, 4.69) is 0 Å². The molecule has 1 N–H and O–H groups in total. The van der Waals surface area contributed by atoms with E-state index in [4.69, 9.17) is 9.84 Å². The summed E-state index contributed by atoms with van der Waals surface area (Å²) in [7, 11) is 0. The van der Waals surface area contributed by atoms with E-state index in [1.165, 1.54) is 24.3 Å². The first-order chi connectivity index (χ1) is 9.09. The lowest BCUT2D eigenvalue weighted by Gasteiger charge is -2.15. The van der Waals surface area contributed by atoms with E-state index in [1.807, 2.05) is 0 Å². The fraction of sp³-hybridized carbons (Fsp3) is 0.0714. The number of carboxylic acid groups (broad SMARTS) is 1. The molecule has 0 amide bonds. The summed E-state index contributed by atoms with van der Waals surface area (Å²) in [6.45, 7) is 0. The van der Waals surface area contributed by atoms with Crippen LogP contribution in [0.2, 0.25) is 0 Å². The van der Waals surface area contributed by atoms with Gasteiger partial charge >= 0.3 is 5.97 Å². The first kappa shape index (κ1) is 13.0. The molecule has 1 unspecified atom stereocenters. The highest BCUT2D eigenvalue weighted by molar-refractivity contribution is 5.74. The second-order valence-electron chi connectivity index (χ2n) is 3.80. The summed E-state index contributed by atoms with van der Waals surface area (Å²) in [4.78, 5) is 11.2. The maximum atomic E-state index is 13.4. The van der Waals surface area contributed by atoms with Gasteiger partial charge in [0.05, 0.1) is 0 Å². The van der Waals surface area contributed by atoms with Gasteiger partial charge in [-0.15, -0.1) is 0 Å². The maximum absolute atomic E-state index is 13.4. The van der Waals surface area contributed by atoms with Crippen LogP contribution < -0.4 is 4.74 Å². The Labute approximate surface area is 108 Å². The first-order valence-corrected chi connectivity index (χ1v) is 5.48. The van der Waals surface area contributed by atoms with Crippen molar-refractivity contribution < 1.29 is 23.4 Å². The molecule has 0 aromatic heterocycles. The van der Waals surface area contributed by atoms with Crippen LogP contribution in [0.25, 0.3) is 0 Å². The molecule has 0 aliphatic carbocycles. The monoisotopic (exact) mass is 264 g/mol. The smallest absolute Gasteiger partial charge is 0.349 e. The summed E-state index contributed by atoms with van der Waals surface area (Å²) < 4.78 is 31.5. The Bertz CT molecular complexity index is 584. The summed E-state index contributed by atoms with van der Waals surface area (Å²) in [6.07, 6.45) is -1.39. The van der Waals surface area contributed by atoms with Gasteiger partial charge in [0.25, 0.3) is 0 Å². The highest BCUT2D eigenvalue weighted by Gasteiger charge is 2.23.